The molecular weight excluding hydrogens is 362 g/mol. The fraction of sp³-hybridized carbons (Fsp3) is 0.273. The Labute approximate surface area is 164 Å². The highest BCUT2D eigenvalue weighted by Gasteiger charge is 2.25. The first-order valence-electron chi connectivity index (χ1n) is 9.04. The lowest BCUT2D eigenvalue weighted by Gasteiger charge is -2.09. The first-order chi connectivity index (χ1) is 13.1. The molecule has 27 heavy (non-hydrogen) atoms. The van der Waals surface area contributed by atoms with Crippen LogP contribution >= 0.6 is 11.6 Å². The predicted molar refractivity (Wildman–Crippen MR) is 107 cm³/mol. The van der Waals surface area contributed by atoms with Gasteiger partial charge in [-0.15, -0.1) is 0 Å². The van der Waals surface area contributed by atoms with Gasteiger partial charge in [-0.3, -0.25) is 0 Å². The van der Waals surface area contributed by atoms with Gasteiger partial charge < -0.3 is 18.8 Å². The van der Waals surface area contributed by atoms with Crippen LogP contribution in [-0.4, -0.2) is 32.1 Å². The maximum absolute atomic E-state index is 6.23. The van der Waals surface area contributed by atoms with Gasteiger partial charge in [0.05, 0.1) is 5.56 Å². The third-order valence-corrected chi connectivity index (χ3v) is 4.74. The van der Waals surface area contributed by atoms with Crippen molar-refractivity contribution in [2.45, 2.75) is 13.0 Å². The van der Waals surface area contributed by atoms with Crippen LogP contribution in [0.5, 0.6) is 11.5 Å². The standard InChI is InChI=1S/C22H22ClNO3/c1-24(2)10-5-11-25-14-16-13-18-17-6-3-4-7-20(17)27-21-9-8-15(23)12-19(21)22(18)26-16/h3-4,6-9,12-13H,5,10-11,14H2,1-2H3. The van der Waals surface area contributed by atoms with Crippen LogP contribution in [-0.2, 0) is 11.3 Å². The Morgan fingerprint density at radius 2 is 1.78 bits per heavy atom. The molecule has 4 rings (SSSR count). The van der Waals surface area contributed by atoms with Crippen molar-refractivity contribution in [3.63, 3.8) is 0 Å². The molecule has 0 fully saturated rings. The summed E-state index contributed by atoms with van der Waals surface area (Å²) in [7, 11) is 4.12. The van der Waals surface area contributed by atoms with E-state index in [0.717, 1.165) is 52.7 Å². The molecule has 0 atom stereocenters. The van der Waals surface area contributed by atoms with Crippen molar-refractivity contribution >= 4 is 11.6 Å². The second kappa shape index (κ2) is 7.77. The molecule has 2 aromatic carbocycles. The van der Waals surface area contributed by atoms with Crippen molar-refractivity contribution in [2.24, 2.45) is 0 Å². The van der Waals surface area contributed by atoms with E-state index in [4.69, 9.17) is 25.5 Å². The molecule has 0 saturated heterocycles. The summed E-state index contributed by atoms with van der Waals surface area (Å²) >= 11 is 6.23. The van der Waals surface area contributed by atoms with E-state index in [9.17, 15) is 0 Å². The Bertz CT molecular complexity index is 948. The molecule has 0 N–H and O–H groups in total. The lowest BCUT2D eigenvalue weighted by Crippen LogP contribution is -2.14. The van der Waals surface area contributed by atoms with Gasteiger partial charge in [-0.2, -0.15) is 0 Å². The Morgan fingerprint density at radius 1 is 0.963 bits per heavy atom. The largest absolute Gasteiger partial charge is 0.458 e. The molecule has 4 nitrogen and oxygen atoms in total. The molecule has 2 heterocycles. The lowest BCUT2D eigenvalue weighted by atomic mass is 10.0. The van der Waals surface area contributed by atoms with E-state index < -0.39 is 0 Å². The molecule has 0 spiro atoms. The lowest BCUT2D eigenvalue weighted by molar-refractivity contribution is 0.0998. The molecule has 0 bridgehead atoms. The number of benzene rings is 2. The van der Waals surface area contributed by atoms with Gasteiger partial charge in [-0.25, -0.2) is 0 Å². The van der Waals surface area contributed by atoms with Crippen LogP contribution in [0.4, 0.5) is 0 Å². The van der Waals surface area contributed by atoms with E-state index in [1.165, 1.54) is 0 Å². The highest BCUT2D eigenvalue weighted by molar-refractivity contribution is 6.31. The first kappa shape index (κ1) is 18.1. The van der Waals surface area contributed by atoms with E-state index >= 15 is 0 Å². The van der Waals surface area contributed by atoms with E-state index in [1.807, 2.05) is 48.5 Å². The van der Waals surface area contributed by atoms with Crippen molar-refractivity contribution in [2.75, 3.05) is 27.2 Å². The minimum Gasteiger partial charge on any atom is -0.458 e. The highest BCUT2D eigenvalue weighted by Crippen LogP contribution is 2.48. The minimum absolute atomic E-state index is 0.444. The predicted octanol–water partition coefficient (Wildman–Crippen LogP) is 5.84. The number of ether oxygens (including phenoxy) is 2. The van der Waals surface area contributed by atoms with Crippen LogP contribution in [0.1, 0.15) is 12.2 Å². The Kier molecular flexibility index (Phi) is 5.21. The third-order valence-electron chi connectivity index (χ3n) is 4.50. The fourth-order valence-corrected chi connectivity index (χ4v) is 3.41. The van der Waals surface area contributed by atoms with Crippen molar-refractivity contribution in [1.82, 2.24) is 4.90 Å². The Morgan fingerprint density at radius 3 is 2.63 bits per heavy atom. The molecule has 0 saturated carbocycles. The number of para-hydroxylation sites is 1. The summed E-state index contributed by atoms with van der Waals surface area (Å²) < 4.78 is 18.1. The zero-order valence-electron chi connectivity index (χ0n) is 15.5. The summed E-state index contributed by atoms with van der Waals surface area (Å²) in [6.07, 6.45) is 0.989. The molecule has 1 aliphatic rings. The van der Waals surface area contributed by atoms with Crippen LogP contribution < -0.4 is 4.74 Å². The van der Waals surface area contributed by atoms with Crippen LogP contribution in [0.2, 0.25) is 5.02 Å². The van der Waals surface area contributed by atoms with Gasteiger partial charge in [0.25, 0.3) is 0 Å². The van der Waals surface area contributed by atoms with Gasteiger partial charge in [0, 0.05) is 22.8 Å². The van der Waals surface area contributed by atoms with Gasteiger partial charge in [-0.05, 0) is 57.4 Å². The summed E-state index contributed by atoms with van der Waals surface area (Å²) in [5, 5.41) is 0.646. The normalized spacial score (nSPS) is 12.1. The molecule has 0 aliphatic carbocycles. The van der Waals surface area contributed by atoms with Gasteiger partial charge in [0.1, 0.15) is 29.6 Å². The smallest absolute Gasteiger partial charge is 0.146 e. The molecule has 1 aliphatic heterocycles. The summed E-state index contributed by atoms with van der Waals surface area (Å²) in [5.74, 6) is 3.11. The molecule has 0 amide bonds. The quantitative estimate of drug-likeness (QED) is 0.392. The molecule has 1 aromatic heterocycles. The monoisotopic (exact) mass is 383 g/mol. The number of nitrogens with zero attached hydrogens (tertiary/aromatic N) is 1. The molecule has 3 aromatic rings. The van der Waals surface area contributed by atoms with Crippen LogP contribution in [0.25, 0.3) is 22.5 Å². The average molecular weight is 384 g/mol. The van der Waals surface area contributed by atoms with Crippen LogP contribution in [0.3, 0.4) is 0 Å². The first-order valence-corrected chi connectivity index (χ1v) is 9.42. The molecular formula is C22H22ClNO3. The van der Waals surface area contributed by atoms with Gasteiger partial charge >= 0.3 is 0 Å². The van der Waals surface area contributed by atoms with Gasteiger partial charge in [0.2, 0.25) is 0 Å². The van der Waals surface area contributed by atoms with E-state index in [2.05, 4.69) is 19.0 Å². The summed E-state index contributed by atoms with van der Waals surface area (Å²) in [6, 6.07) is 15.6. The third kappa shape index (κ3) is 3.88. The Balaban J connectivity index is 1.65. The van der Waals surface area contributed by atoms with E-state index in [0.29, 0.717) is 18.2 Å². The van der Waals surface area contributed by atoms with Gasteiger partial charge in [0.15, 0.2) is 0 Å². The van der Waals surface area contributed by atoms with Crippen molar-refractivity contribution in [1.29, 1.82) is 0 Å². The number of furan rings is 1. The second-order valence-corrected chi connectivity index (χ2v) is 7.34. The number of fused-ring (bicyclic) bond motifs is 5. The van der Waals surface area contributed by atoms with Gasteiger partial charge in [-0.1, -0.05) is 29.8 Å². The molecule has 0 unspecified atom stereocenters. The highest BCUT2D eigenvalue weighted by atomic mass is 35.5. The van der Waals surface area contributed by atoms with Crippen LogP contribution in [0.15, 0.2) is 52.9 Å². The molecule has 140 valence electrons. The summed E-state index contributed by atoms with van der Waals surface area (Å²) in [4.78, 5) is 2.15. The van der Waals surface area contributed by atoms with Crippen molar-refractivity contribution < 1.29 is 13.9 Å². The number of hydrogen-bond donors (Lipinski definition) is 0. The zero-order valence-corrected chi connectivity index (χ0v) is 16.3. The Hall–Kier alpha value is -2.27. The minimum atomic E-state index is 0.444. The fourth-order valence-electron chi connectivity index (χ4n) is 3.23. The second-order valence-electron chi connectivity index (χ2n) is 6.90. The number of hydrogen-bond acceptors (Lipinski definition) is 4. The van der Waals surface area contributed by atoms with Crippen molar-refractivity contribution in [3.8, 4) is 33.9 Å². The zero-order chi connectivity index (χ0) is 18.8. The van der Waals surface area contributed by atoms with E-state index in [1.54, 1.807) is 0 Å². The number of halogens is 1. The maximum Gasteiger partial charge on any atom is 0.146 e. The van der Waals surface area contributed by atoms with Crippen molar-refractivity contribution in [3.05, 3.63) is 59.3 Å². The topological polar surface area (TPSA) is 34.8 Å². The van der Waals surface area contributed by atoms with E-state index in [-0.39, 0.29) is 0 Å². The SMILES string of the molecule is CN(C)CCCOCc1cc2c(o1)-c1cc(Cl)ccc1Oc1ccccc1-2. The average Bonchev–Trinajstić information content (AvgIpc) is 3.02. The summed E-state index contributed by atoms with van der Waals surface area (Å²) in [5.41, 5.74) is 2.86. The van der Waals surface area contributed by atoms with Crippen LogP contribution in [0, 0.1) is 0 Å². The molecule has 5 heteroatoms. The molecule has 0 radical (unpaired) electrons. The maximum atomic E-state index is 6.23. The summed E-state index contributed by atoms with van der Waals surface area (Å²) in [6.45, 7) is 2.15. The number of rotatable bonds is 6.